The lowest BCUT2D eigenvalue weighted by molar-refractivity contribution is 0.904. The van der Waals surface area contributed by atoms with Crippen molar-refractivity contribution in [2.45, 2.75) is 37.4 Å². The Morgan fingerprint density at radius 3 is 2.50 bits per heavy atom. The van der Waals surface area contributed by atoms with Crippen LogP contribution in [-0.2, 0) is 6.42 Å². The van der Waals surface area contributed by atoms with Gasteiger partial charge in [-0.15, -0.1) is 11.6 Å². The molecule has 1 aromatic rings. The third-order valence-corrected chi connectivity index (χ3v) is 6.93. The molecule has 0 aromatic heterocycles. The van der Waals surface area contributed by atoms with Crippen molar-refractivity contribution in [1.29, 1.82) is 0 Å². The molecule has 0 aliphatic carbocycles. The van der Waals surface area contributed by atoms with Crippen molar-refractivity contribution in [3.63, 3.8) is 0 Å². The summed E-state index contributed by atoms with van der Waals surface area (Å²) in [5, 5.41) is 0.436. The fourth-order valence-corrected chi connectivity index (χ4v) is 3.19. The average Bonchev–Trinajstić information content (AvgIpc) is 2.19. The fourth-order valence-electron chi connectivity index (χ4n) is 1.50. The van der Waals surface area contributed by atoms with Gasteiger partial charge in [-0.2, -0.15) is 0 Å². The van der Waals surface area contributed by atoms with Gasteiger partial charge in [-0.1, -0.05) is 56.3 Å². The highest BCUT2D eigenvalue weighted by molar-refractivity contribution is 6.68. The van der Waals surface area contributed by atoms with Crippen LogP contribution in [0.5, 0.6) is 0 Å². The van der Waals surface area contributed by atoms with E-state index in [1.54, 1.807) is 0 Å². The Balaban J connectivity index is 2.22. The number of halogens is 1. The molecule has 0 amide bonds. The van der Waals surface area contributed by atoms with Gasteiger partial charge in [0.2, 0.25) is 0 Å². The molecule has 0 saturated heterocycles. The van der Waals surface area contributed by atoms with Crippen LogP contribution in [0.4, 0.5) is 0 Å². The monoisotopic (exact) mass is 226 g/mol. The molecule has 2 heteroatoms. The number of rotatable bonds is 5. The second kappa shape index (κ2) is 6.26. The van der Waals surface area contributed by atoms with Gasteiger partial charge in [0.05, 0.1) is 8.80 Å². The summed E-state index contributed by atoms with van der Waals surface area (Å²) in [6.07, 6.45) is 2.51. The maximum Gasteiger partial charge on any atom is 0.0546 e. The van der Waals surface area contributed by atoms with Gasteiger partial charge < -0.3 is 0 Å². The molecule has 0 aliphatic heterocycles. The summed E-state index contributed by atoms with van der Waals surface area (Å²) in [6, 6.07) is 12.1. The first kappa shape index (κ1) is 11.8. The molecular formula is C12H19ClSi. The highest BCUT2D eigenvalue weighted by Crippen LogP contribution is 2.11. The minimum atomic E-state index is -0.651. The van der Waals surface area contributed by atoms with E-state index >= 15 is 0 Å². The van der Waals surface area contributed by atoms with Crippen LogP contribution in [0.2, 0.25) is 12.6 Å². The molecule has 2 atom stereocenters. The van der Waals surface area contributed by atoms with Crippen LogP contribution < -0.4 is 0 Å². The Morgan fingerprint density at radius 1 is 1.29 bits per heavy atom. The largest absolute Gasteiger partial charge is 0.127 e. The zero-order valence-electron chi connectivity index (χ0n) is 9.04. The predicted octanol–water partition coefficient (Wildman–Crippen LogP) is 3.64. The zero-order chi connectivity index (χ0) is 10.4. The first-order chi connectivity index (χ1) is 6.70. The molecule has 78 valence electrons. The van der Waals surface area contributed by atoms with E-state index in [0.29, 0.717) is 5.00 Å². The Morgan fingerprint density at radius 2 is 1.93 bits per heavy atom. The summed E-state index contributed by atoms with van der Waals surface area (Å²) < 4.78 is 0. The molecule has 0 N–H and O–H groups in total. The minimum absolute atomic E-state index is 0.436. The smallest absolute Gasteiger partial charge is 0.0546 e. The van der Waals surface area contributed by atoms with Crippen LogP contribution in [0.3, 0.4) is 0 Å². The summed E-state index contributed by atoms with van der Waals surface area (Å²) in [4.78, 5) is 0. The van der Waals surface area contributed by atoms with Crippen LogP contribution in [-0.4, -0.2) is 13.8 Å². The molecule has 0 spiro atoms. The minimum Gasteiger partial charge on any atom is -0.127 e. The molecule has 0 fully saturated rings. The molecule has 1 aromatic carbocycles. The first-order valence-electron chi connectivity index (χ1n) is 5.38. The summed E-state index contributed by atoms with van der Waals surface area (Å²) >= 11 is 6.07. The topological polar surface area (TPSA) is 0 Å². The van der Waals surface area contributed by atoms with Gasteiger partial charge in [-0.3, -0.25) is 0 Å². The molecule has 0 radical (unpaired) electrons. The SMILES string of the molecule is CC(Cl)[SiH](C)CCCc1ccccc1. The Labute approximate surface area is 93.9 Å². The molecule has 0 aliphatic rings. The van der Waals surface area contributed by atoms with Crippen molar-refractivity contribution in [1.82, 2.24) is 0 Å². The highest BCUT2D eigenvalue weighted by Gasteiger charge is 2.09. The molecular weight excluding hydrogens is 208 g/mol. The van der Waals surface area contributed by atoms with Gasteiger partial charge >= 0.3 is 0 Å². The van der Waals surface area contributed by atoms with Crippen LogP contribution >= 0.6 is 11.6 Å². The van der Waals surface area contributed by atoms with Gasteiger partial charge in [0, 0.05) is 5.00 Å². The van der Waals surface area contributed by atoms with E-state index in [9.17, 15) is 0 Å². The molecule has 0 bridgehead atoms. The molecule has 2 unspecified atom stereocenters. The van der Waals surface area contributed by atoms with Crippen molar-refractivity contribution >= 4 is 20.4 Å². The van der Waals surface area contributed by atoms with E-state index < -0.39 is 8.80 Å². The Hall–Kier alpha value is -0.273. The van der Waals surface area contributed by atoms with Crippen molar-refractivity contribution in [2.24, 2.45) is 0 Å². The van der Waals surface area contributed by atoms with Crippen molar-refractivity contribution in [3.8, 4) is 0 Å². The van der Waals surface area contributed by atoms with Gasteiger partial charge in [-0.25, -0.2) is 0 Å². The molecule has 1 rings (SSSR count). The average molecular weight is 227 g/mol. The Bertz CT molecular complexity index is 246. The van der Waals surface area contributed by atoms with E-state index in [4.69, 9.17) is 11.6 Å². The lowest BCUT2D eigenvalue weighted by atomic mass is 10.1. The summed E-state index contributed by atoms with van der Waals surface area (Å²) in [6.45, 7) is 4.50. The maximum absolute atomic E-state index is 6.07. The van der Waals surface area contributed by atoms with Crippen LogP contribution in [0.25, 0.3) is 0 Å². The summed E-state index contributed by atoms with van der Waals surface area (Å²) in [5.41, 5.74) is 1.45. The summed E-state index contributed by atoms with van der Waals surface area (Å²) in [7, 11) is -0.651. The number of alkyl halides is 1. The van der Waals surface area contributed by atoms with E-state index in [0.717, 1.165) is 0 Å². The molecule has 0 heterocycles. The molecule has 14 heavy (non-hydrogen) atoms. The van der Waals surface area contributed by atoms with E-state index in [-0.39, 0.29) is 0 Å². The second-order valence-electron chi connectivity index (χ2n) is 4.03. The van der Waals surface area contributed by atoms with Crippen LogP contribution in [0.1, 0.15) is 18.9 Å². The Kier molecular flexibility index (Phi) is 5.27. The van der Waals surface area contributed by atoms with Gasteiger partial charge in [-0.05, 0) is 12.0 Å². The van der Waals surface area contributed by atoms with Crippen LogP contribution in [0.15, 0.2) is 30.3 Å². The van der Waals surface area contributed by atoms with E-state index in [2.05, 4.69) is 43.8 Å². The third-order valence-electron chi connectivity index (χ3n) is 2.75. The van der Waals surface area contributed by atoms with Crippen molar-refractivity contribution in [2.75, 3.05) is 0 Å². The zero-order valence-corrected chi connectivity index (χ0v) is 11.0. The van der Waals surface area contributed by atoms with Gasteiger partial charge in [0.15, 0.2) is 0 Å². The van der Waals surface area contributed by atoms with Crippen LogP contribution in [0, 0.1) is 0 Å². The van der Waals surface area contributed by atoms with E-state index in [1.807, 2.05) is 0 Å². The lowest BCUT2D eigenvalue weighted by Gasteiger charge is -2.11. The van der Waals surface area contributed by atoms with Crippen molar-refractivity contribution < 1.29 is 0 Å². The van der Waals surface area contributed by atoms with Gasteiger partial charge in [0.25, 0.3) is 0 Å². The standard InChI is InChI=1S/C12H19ClSi/c1-11(13)14(2)10-6-9-12-7-4-3-5-8-12/h3-5,7-8,11,14H,6,9-10H2,1-2H3. The van der Waals surface area contributed by atoms with Gasteiger partial charge in [0.1, 0.15) is 0 Å². The lowest BCUT2D eigenvalue weighted by Crippen LogP contribution is -2.18. The number of hydrogen-bond acceptors (Lipinski definition) is 0. The van der Waals surface area contributed by atoms with Crippen molar-refractivity contribution in [3.05, 3.63) is 35.9 Å². The number of aryl methyl sites for hydroxylation is 1. The predicted molar refractivity (Wildman–Crippen MR) is 67.9 cm³/mol. The normalized spacial score (nSPS) is 15.1. The van der Waals surface area contributed by atoms with E-state index in [1.165, 1.54) is 24.4 Å². The fraction of sp³-hybridized carbons (Fsp3) is 0.500. The number of benzene rings is 1. The molecule has 0 nitrogen and oxygen atoms in total. The summed E-state index contributed by atoms with van der Waals surface area (Å²) in [5.74, 6) is 0. The second-order valence-corrected chi connectivity index (χ2v) is 8.68. The quantitative estimate of drug-likeness (QED) is 0.531. The number of hydrogen-bond donors (Lipinski definition) is 0. The first-order valence-corrected chi connectivity index (χ1v) is 8.45. The maximum atomic E-state index is 6.07. The third kappa shape index (κ3) is 4.29. The molecule has 0 saturated carbocycles. The highest BCUT2D eigenvalue weighted by atomic mass is 35.5.